The molecule has 1 saturated heterocycles. The molecule has 1 amide bonds. The lowest BCUT2D eigenvalue weighted by atomic mass is 10.1. The second-order valence-electron chi connectivity index (χ2n) is 5.73. The molecule has 0 aromatic rings. The van der Waals surface area contributed by atoms with E-state index in [9.17, 15) is 9.59 Å². The van der Waals surface area contributed by atoms with E-state index in [1.165, 1.54) is 7.11 Å². The van der Waals surface area contributed by atoms with Crippen molar-refractivity contribution in [3.63, 3.8) is 0 Å². The van der Waals surface area contributed by atoms with Crippen molar-refractivity contribution in [2.24, 2.45) is 5.92 Å². The van der Waals surface area contributed by atoms with Crippen molar-refractivity contribution in [2.75, 3.05) is 26.7 Å². The Bertz CT molecular complexity index is 321. The third kappa shape index (κ3) is 4.20. The van der Waals surface area contributed by atoms with Crippen molar-refractivity contribution in [1.82, 2.24) is 9.80 Å². The van der Waals surface area contributed by atoms with Gasteiger partial charge in [-0.3, -0.25) is 14.5 Å². The smallest absolute Gasteiger partial charge is 0.310 e. The zero-order chi connectivity index (χ0) is 14.6. The SMILES string of the molecule is COC(=O)C1CCN(CC(=O)N(C(C)C)C(C)C)C1. The van der Waals surface area contributed by atoms with Gasteiger partial charge < -0.3 is 9.64 Å². The molecule has 0 aliphatic carbocycles. The van der Waals surface area contributed by atoms with Crippen LogP contribution in [0, 0.1) is 5.92 Å². The van der Waals surface area contributed by atoms with Crippen molar-refractivity contribution in [2.45, 2.75) is 46.2 Å². The Morgan fingerprint density at radius 2 is 1.84 bits per heavy atom. The lowest BCUT2D eigenvalue weighted by Gasteiger charge is -2.32. The minimum Gasteiger partial charge on any atom is -0.469 e. The number of hydrogen-bond acceptors (Lipinski definition) is 4. The minimum absolute atomic E-state index is 0.0793. The van der Waals surface area contributed by atoms with Crippen LogP contribution in [0.5, 0.6) is 0 Å². The van der Waals surface area contributed by atoms with Gasteiger partial charge in [0.05, 0.1) is 19.6 Å². The quantitative estimate of drug-likeness (QED) is 0.703. The Labute approximate surface area is 115 Å². The standard InChI is InChI=1S/C14H26N2O3/c1-10(2)16(11(3)4)13(17)9-15-7-6-12(8-15)14(18)19-5/h10-12H,6-9H2,1-5H3. The summed E-state index contributed by atoms with van der Waals surface area (Å²) in [6, 6.07) is 0.401. The number of likely N-dealkylation sites (tertiary alicyclic amines) is 1. The monoisotopic (exact) mass is 270 g/mol. The van der Waals surface area contributed by atoms with E-state index in [0.29, 0.717) is 13.1 Å². The van der Waals surface area contributed by atoms with Gasteiger partial charge >= 0.3 is 5.97 Å². The highest BCUT2D eigenvalue weighted by atomic mass is 16.5. The summed E-state index contributed by atoms with van der Waals surface area (Å²) in [6.07, 6.45) is 0.781. The van der Waals surface area contributed by atoms with Crippen LogP contribution in [-0.4, -0.2) is 60.5 Å². The molecule has 1 heterocycles. The average molecular weight is 270 g/mol. The number of amides is 1. The van der Waals surface area contributed by atoms with E-state index in [-0.39, 0.29) is 29.9 Å². The maximum Gasteiger partial charge on any atom is 0.310 e. The fourth-order valence-corrected chi connectivity index (χ4v) is 2.78. The van der Waals surface area contributed by atoms with Crippen molar-refractivity contribution in [3.8, 4) is 0 Å². The Morgan fingerprint density at radius 3 is 2.32 bits per heavy atom. The molecule has 1 unspecified atom stereocenters. The first-order chi connectivity index (χ1) is 8.86. The molecule has 0 N–H and O–H groups in total. The Hall–Kier alpha value is -1.10. The number of nitrogens with zero attached hydrogens (tertiary/aromatic N) is 2. The predicted octanol–water partition coefficient (Wildman–Crippen LogP) is 1.13. The molecule has 0 radical (unpaired) electrons. The summed E-state index contributed by atoms with van der Waals surface area (Å²) in [7, 11) is 1.41. The highest BCUT2D eigenvalue weighted by Gasteiger charge is 2.31. The van der Waals surface area contributed by atoms with Gasteiger partial charge in [-0.25, -0.2) is 0 Å². The Kier molecular flexibility index (Phi) is 5.79. The molecular weight excluding hydrogens is 244 g/mol. The molecule has 5 heteroatoms. The molecule has 0 saturated carbocycles. The summed E-state index contributed by atoms with van der Waals surface area (Å²) >= 11 is 0. The zero-order valence-electron chi connectivity index (χ0n) is 12.7. The topological polar surface area (TPSA) is 49.9 Å². The number of hydrogen-bond donors (Lipinski definition) is 0. The number of rotatable bonds is 5. The van der Waals surface area contributed by atoms with Crippen molar-refractivity contribution in [1.29, 1.82) is 0 Å². The van der Waals surface area contributed by atoms with E-state index >= 15 is 0 Å². The normalized spacial score (nSPS) is 20.1. The molecule has 110 valence electrons. The van der Waals surface area contributed by atoms with Gasteiger partial charge in [0.2, 0.25) is 5.91 Å². The van der Waals surface area contributed by atoms with Gasteiger partial charge in [0.25, 0.3) is 0 Å². The van der Waals surface area contributed by atoms with Gasteiger partial charge in [-0.15, -0.1) is 0 Å². The van der Waals surface area contributed by atoms with Crippen LogP contribution < -0.4 is 0 Å². The first-order valence-corrected chi connectivity index (χ1v) is 6.98. The molecule has 5 nitrogen and oxygen atoms in total. The fourth-order valence-electron chi connectivity index (χ4n) is 2.78. The largest absolute Gasteiger partial charge is 0.469 e. The molecule has 1 atom stereocenters. The average Bonchev–Trinajstić information content (AvgIpc) is 2.75. The molecule has 1 aliphatic heterocycles. The molecule has 1 rings (SSSR count). The van der Waals surface area contributed by atoms with E-state index in [1.807, 2.05) is 37.5 Å². The lowest BCUT2D eigenvalue weighted by Crippen LogP contribution is -2.46. The van der Waals surface area contributed by atoms with Crippen LogP contribution in [0.15, 0.2) is 0 Å². The molecule has 0 bridgehead atoms. The first kappa shape index (κ1) is 16.0. The fraction of sp³-hybridized carbons (Fsp3) is 0.857. The lowest BCUT2D eigenvalue weighted by molar-refractivity contribution is -0.145. The molecule has 1 fully saturated rings. The summed E-state index contributed by atoms with van der Waals surface area (Å²) in [5.74, 6) is -0.112. The number of methoxy groups -OCH3 is 1. The van der Waals surface area contributed by atoms with Crippen LogP contribution in [0.3, 0.4) is 0 Å². The second-order valence-corrected chi connectivity index (χ2v) is 5.73. The van der Waals surface area contributed by atoms with Gasteiger partial charge in [0.1, 0.15) is 0 Å². The van der Waals surface area contributed by atoms with Crippen molar-refractivity contribution < 1.29 is 14.3 Å². The van der Waals surface area contributed by atoms with Crippen molar-refractivity contribution >= 4 is 11.9 Å². The third-order valence-electron chi connectivity index (χ3n) is 3.57. The first-order valence-electron chi connectivity index (χ1n) is 6.98. The molecular formula is C14H26N2O3. The predicted molar refractivity (Wildman–Crippen MR) is 73.7 cm³/mol. The molecule has 1 aliphatic rings. The van der Waals surface area contributed by atoms with E-state index in [4.69, 9.17) is 4.74 Å². The summed E-state index contributed by atoms with van der Waals surface area (Å²) in [5.41, 5.74) is 0. The zero-order valence-corrected chi connectivity index (χ0v) is 12.7. The molecule has 19 heavy (non-hydrogen) atoms. The number of carbonyl (C=O) groups excluding carboxylic acids is 2. The Balaban J connectivity index is 2.52. The van der Waals surface area contributed by atoms with E-state index in [1.54, 1.807) is 0 Å². The Morgan fingerprint density at radius 1 is 1.26 bits per heavy atom. The van der Waals surface area contributed by atoms with Crippen molar-refractivity contribution in [3.05, 3.63) is 0 Å². The second kappa shape index (κ2) is 6.89. The third-order valence-corrected chi connectivity index (χ3v) is 3.57. The number of carbonyl (C=O) groups is 2. The highest BCUT2D eigenvalue weighted by Crippen LogP contribution is 2.18. The molecule has 0 spiro atoms. The van der Waals surface area contributed by atoms with Gasteiger partial charge in [-0.05, 0) is 40.7 Å². The maximum absolute atomic E-state index is 12.3. The van der Waals surface area contributed by atoms with Crippen LogP contribution >= 0.6 is 0 Å². The van der Waals surface area contributed by atoms with Crippen LogP contribution in [0.4, 0.5) is 0 Å². The van der Waals surface area contributed by atoms with E-state index in [2.05, 4.69) is 0 Å². The highest BCUT2D eigenvalue weighted by molar-refractivity contribution is 5.79. The van der Waals surface area contributed by atoms with Crippen LogP contribution in [0.25, 0.3) is 0 Å². The molecule has 0 aromatic carbocycles. The van der Waals surface area contributed by atoms with Crippen LogP contribution in [0.2, 0.25) is 0 Å². The van der Waals surface area contributed by atoms with Gasteiger partial charge in [-0.1, -0.05) is 0 Å². The number of esters is 1. The van der Waals surface area contributed by atoms with E-state index in [0.717, 1.165) is 13.0 Å². The summed E-state index contributed by atoms with van der Waals surface area (Å²) in [6.45, 7) is 9.92. The van der Waals surface area contributed by atoms with Gasteiger partial charge in [0, 0.05) is 18.6 Å². The molecule has 0 aromatic heterocycles. The summed E-state index contributed by atoms with van der Waals surface area (Å²) < 4.78 is 4.75. The van der Waals surface area contributed by atoms with Crippen LogP contribution in [0.1, 0.15) is 34.1 Å². The summed E-state index contributed by atoms with van der Waals surface area (Å²) in [4.78, 5) is 27.7. The van der Waals surface area contributed by atoms with E-state index < -0.39 is 0 Å². The van der Waals surface area contributed by atoms with Gasteiger partial charge in [-0.2, -0.15) is 0 Å². The van der Waals surface area contributed by atoms with Crippen LogP contribution in [-0.2, 0) is 14.3 Å². The summed E-state index contributed by atoms with van der Waals surface area (Å²) in [5, 5.41) is 0. The maximum atomic E-state index is 12.3. The number of ether oxygens (including phenoxy) is 1. The minimum atomic E-state index is -0.167. The van der Waals surface area contributed by atoms with Gasteiger partial charge in [0.15, 0.2) is 0 Å².